The number of aliphatic hydroxyl groups excluding tert-OH is 1. The summed E-state index contributed by atoms with van der Waals surface area (Å²) in [6.07, 6.45) is -0.792. The van der Waals surface area contributed by atoms with Crippen molar-refractivity contribution in [2.45, 2.75) is 12.1 Å². The van der Waals surface area contributed by atoms with Crippen LogP contribution in [0.4, 0.5) is 0 Å². The predicted octanol–water partition coefficient (Wildman–Crippen LogP) is 5.39. The summed E-state index contributed by atoms with van der Waals surface area (Å²) in [4.78, 5) is 0. The van der Waals surface area contributed by atoms with Crippen molar-refractivity contribution in [1.82, 2.24) is 0 Å². The number of hydrogen-bond donors (Lipinski definition) is 2. The van der Waals surface area contributed by atoms with Gasteiger partial charge in [-0.3, -0.25) is 0 Å². The van der Waals surface area contributed by atoms with Crippen LogP contribution in [0.3, 0.4) is 0 Å². The first-order valence-electron chi connectivity index (χ1n) is 7.59. The van der Waals surface area contributed by atoms with E-state index >= 15 is 0 Å². The lowest BCUT2D eigenvalue weighted by Crippen LogP contribution is -2.19. The maximum absolute atomic E-state index is 10.5. The van der Waals surface area contributed by atoms with Gasteiger partial charge < -0.3 is 10.8 Å². The van der Waals surface area contributed by atoms with Crippen LogP contribution >= 0.6 is 23.2 Å². The smallest absolute Gasteiger partial charge is 0.0982 e. The number of nitrogens with two attached hydrogens (primary N) is 1. The van der Waals surface area contributed by atoms with Crippen molar-refractivity contribution in [3.63, 3.8) is 0 Å². The molecule has 4 heteroatoms. The van der Waals surface area contributed by atoms with Gasteiger partial charge in [-0.25, -0.2) is 0 Å². The Hall–Kier alpha value is -1.84. The fourth-order valence-electron chi connectivity index (χ4n) is 2.62. The van der Waals surface area contributed by atoms with E-state index in [1.165, 1.54) is 0 Å². The van der Waals surface area contributed by atoms with E-state index in [0.717, 1.165) is 22.3 Å². The Labute approximate surface area is 151 Å². The summed E-state index contributed by atoms with van der Waals surface area (Å²) in [6, 6.07) is 22.0. The fourth-order valence-corrected chi connectivity index (χ4v) is 2.93. The number of aliphatic hydroxyl groups is 1. The van der Waals surface area contributed by atoms with Crippen LogP contribution in [0.5, 0.6) is 0 Å². The summed E-state index contributed by atoms with van der Waals surface area (Å²) in [6.45, 7) is 0. The van der Waals surface area contributed by atoms with Crippen LogP contribution in [-0.2, 0) is 0 Å². The van der Waals surface area contributed by atoms with Gasteiger partial charge in [-0.15, -0.1) is 0 Å². The topological polar surface area (TPSA) is 46.2 Å². The molecule has 3 aromatic carbocycles. The molecule has 0 saturated carbocycles. The molecule has 24 heavy (non-hydrogen) atoms. The van der Waals surface area contributed by atoms with Gasteiger partial charge >= 0.3 is 0 Å². The van der Waals surface area contributed by atoms with Gasteiger partial charge in [0.05, 0.1) is 12.1 Å². The summed E-state index contributed by atoms with van der Waals surface area (Å²) in [5.41, 5.74) is 9.85. The third-order valence-corrected chi connectivity index (χ3v) is 4.49. The summed E-state index contributed by atoms with van der Waals surface area (Å²) in [5.74, 6) is 0. The van der Waals surface area contributed by atoms with Gasteiger partial charge in [0.1, 0.15) is 0 Å². The van der Waals surface area contributed by atoms with E-state index in [9.17, 15) is 5.11 Å². The van der Waals surface area contributed by atoms with E-state index in [0.29, 0.717) is 10.0 Å². The van der Waals surface area contributed by atoms with Crippen molar-refractivity contribution in [3.8, 4) is 11.1 Å². The van der Waals surface area contributed by atoms with E-state index in [-0.39, 0.29) is 0 Å². The number of benzene rings is 3. The molecule has 2 nitrogen and oxygen atoms in total. The molecule has 3 rings (SSSR count). The van der Waals surface area contributed by atoms with E-state index in [1.54, 1.807) is 12.1 Å². The SMILES string of the molecule is N[C@@H](c1ccc(Cl)cc1)[C@H](O)c1ccc(-c2cccc(Cl)c2)cc1. The molecule has 0 aromatic heterocycles. The van der Waals surface area contributed by atoms with Gasteiger partial charge in [-0.2, -0.15) is 0 Å². The Bertz CT molecular complexity index is 816. The minimum absolute atomic E-state index is 0.515. The highest BCUT2D eigenvalue weighted by atomic mass is 35.5. The molecule has 0 aliphatic carbocycles. The van der Waals surface area contributed by atoms with Gasteiger partial charge in [0.15, 0.2) is 0 Å². The molecule has 0 amide bonds. The van der Waals surface area contributed by atoms with Crippen LogP contribution in [0.25, 0.3) is 11.1 Å². The molecule has 0 radical (unpaired) electrons. The first kappa shape index (κ1) is 17.0. The molecule has 0 saturated heterocycles. The Morgan fingerprint density at radius 1 is 0.708 bits per heavy atom. The quantitative estimate of drug-likeness (QED) is 0.656. The zero-order valence-corrected chi connectivity index (χ0v) is 14.4. The standard InChI is InChI=1S/C20H17Cl2NO/c21-17-10-8-14(9-11-17)19(23)20(24)15-6-4-13(5-7-15)16-2-1-3-18(22)12-16/h1-12,19-20,24H,23H2/t19-,20+/m0/s1. The summed E-state index contributed by atoms with van der Waals surface area (Å²) < 4.78 is 0. The molecule has 0 spiro atoms. The maximum Gasteiger partial charge on any atom is 0.0982 e. The van der Waals surface area contributed by atoms with Crippen LogP contribution in [0, 0.1) is 0 Å². The molecular weight excluding hydrogens is 341 g/mol. The van der Waals surface area contributed by atoms with Gasteiger partial charge in [0.2, 0.25) is 0 Å². The Morgan fingerprint density at radius 2 is 1.33 bits per heavy atom. The lowest BCUT2D eigenvalue weighted by molar-refractivity contribution is 0.147. The summed E-state index contributed by atoms with van der Waals surface area (Å²) in [5, 5.41) is 11.9. The molecular formula is C20H17Cl2NO. The second-order valence-electron chi connectivity index (χ2n) is 5.65. The predicted molar refractivity (Wildman–Crippen MR) is 100 cm³/mol. The lowest BCUT2D eigenvalue weighted by Gasteiger charge is -2.20. The van der Waals surface area contributed by atoms with E-state index in [2.05, 4.69) is 0 Å². The molecule has 0 bridgehead atoms. The largest absolute Gasteiger partial charge is 0.386 e. The van der Waals surface area contributed by atoms with E-state index in [1.807, 2.05) is 60.7 Å². The van der Waals surface area contributed by atoms with Crippen LogP contribution in [0.2, 0.25) is 10.0 Å². The maximum atomic E-state index is 10.5. The molecule has 0 heterocycles. The van der Waals surface area contributed by atoms with Crippen LogP contribution in [-0.4, -0.2) is 5.11 Å². The summed E-state index contributed by atoms with van der Waals surface area (Å²) >= 11 is 11.9. The van der Waals surface area contributed by atoms with Crippen LogP contribution in [0.15, 0.2) is 72.8 Å². The van der Waals surface area contributed by atoms with Crippen molar-refractivity contribution in [1.29, 1.82) is 0 Å². The van der Waals surface area contributed by atoms with Crippen molar-refractivity contribution in [2.24, 2.45) is 5.73 Å². The number of hydrogen-bond acceptors (Lipinski definition) is 2. The number of rotatable bonds is 4. The normalized spacial score (nSPS) is 13.5. The van der Waals surface area contributed by atoms with Crippen molar-refractivity contribution >= 4 is 23.2 Å². The zero-order chi connectivity index (χ0) is 17.1. The lowest BCUT2D eigenvalue weighted by atomic mass is 9.95. The highest BCUT2D eigenvalue weighted by molar-refractivity contribution is 6.31. The van der Waals surface area contributed by atoms with E-state index in [4.69, 9.17) is 28.9 Å². The molecule has 0 aliphatic rings. The first-order valence-corrected chi connectivity index (χ1v) is 8.35. The molecule has 3 N–H and O–H groups in total. The zero-order valence-electron chi connectivity index (χ0n) is 12.9. The van der Waals surface area contributed by atoms with Crippen LogP contribution in [0.1, 0.15) is 23.3 Å². The van der Waals surface area contributed by atoms with E-state index < -0.39 is 12.1 Å². The van der Waals surface area contributed by atoms with Crippen molar-refractivity contribution in [2.75, 3.05) is 0 Å². The van der Waals surface area contributed by atoms with Gasteiger partial charge in [-0.1, -0.05) is 71.7 Å². The highest BCUT2D eigenvalue weighted by Crippen LogP contribution is 2.30. The second kappa shape index (κ2) is 7.37. The van der Waals surface area contributed by atoms with Gasteiger partial charge in [-0.05, 0) is 46.5 Å². The number of halogens is 2. The molecule has 0 aliphatic heterocycles. The Kier molecular flexibility index (Phi) is 5.22. The minimum atomic E-state index is -0.792. The highest BCUT2D eigenvalue weighted by Gasteiger charge is 2.18. The minimum Gasteiger partial charge on any atom is -0.386 e. The average molecular weight is 358 g/mol. The van der Waals surface area contributed by atoms with Crippen molar-refractivity contribution < 1.29 is 5.11 Å². The van der Waals surface area contributed by atoms with Crippen LogP contribution < -0.4 is 5.73 Å². The third-order valence-electron chi connectivity index (χ3n) is 4.01. The monoisotopic (exact) mass is 357 g/mol. The van der Waals surface area contributed by atoms with Gasteiger partial charge in [0, 0.05) is 10.0 Å². The third kappa shape index (κ3) is 3.80. The average Bonchev–Trinajstić information content (AvgIpc) is 2.61. The van der Waals surface area contributed by atoms with Gasteiger partial charge in [0.25, 0.3) is 0 Å². The fraction of sp³-hybridized carbons (Fsp3) is 0.100. The second-order valence-corrected chi connectivity index (χ2v) is 6.53. The Balaban J connectivity index is 1.80. The van der Waals surface area contributed by atoms with Crippen molar-refractivity contribution in [3.05, 3.63) is 94.0 Å². The molecule has 122 valence electrons. The summed E-state index contributed by atoms with van der Waals surface area (Å²) in [7, 11) is 0. The molecule has 0 unspecified atom stereocenters. The molecule has 3 aromatic rings. The molecule has 2 atom stereocenters. The first-order chi connectivity index (χ1) is 11.5. The molecule has 0 fully saturated rings. The Morgan fingerprint density at radius 3 is 1.96 bits per heavy atom.